The van der Waals surface area contributed by atoms with E-state index >= 15 is 0 Å². The Balaban J connectivity index is 1.96. The zero-order valence-corrected chi connectivity index (χ0v) is 16.4. The molecule has 1 aromatic heterocycles. The first-order chi connectivity index (χ1) is 13.4. The van der Waals surface area contributed by atoms with Crippen LogP contribution in [0.15, 0.2) is 39.7 Å². The second kappa shape index (κ2) is 6.87. The summed E-state index contributed by atoms with van der Waals surface area (Å²) in [5, 5.41) is 11.2. The molecule has 0 unspecified atom stereocenters. The zero-order valence-electron chi connectivity index (χ0n) is 16.4. The van der Waals surface area contributed by atoms with Crippen LogP contribution in [0.5, 0.6) is 17.2 Å². The van der Waals surface area contributed by atoms with Gasteiger partial charge in [-0.15, -0.1) is 0 Å². The van der Waals surface area contributed by atoms with Crippen LogP contribution in [0.1, 0.15) is 30.9 Å². The summed E-state index contributed by atoms with van der Waals surface area (Å²) in [5.41, 5.74) is 2.79. The minimum absolute atomic E-state index is 0.0684. The Morgan fingerprint density at radius 2 is 1.89 bits per heavy atom. The standard InChI is InChI=1S/C22H23NO5/c1-12(2)14-8-15-21(25)17(13-5-6-18-19(7-13)28-11-27-18)10-26-22(15)16(20(14)24)9-23(3)4/h5-8,10,12,24H,9,11H2,1-4H3. The number of hydrogen-bond acceptors (Lipinski definition) is 6. The van der Waals surface area contributed by atoms with Crippen molar-refractivity contribution >= 4 is 11.0 Å². The van der Waals surface area contributed by atoms with Gasteiger partial charge in [-0.05, 0) is 49.3 Å². The maximum atomic E-state index is 13.3. The van der Waals surface area contributed by atoms with Crippen LogP contribution in [-0.2, 0) is 6.54 Å². The summed E-state index contributed by atoms with van der Waals surface area (Å²) in [6.45, 7) is 4.62. The number of fused-ring (bicyclic) bond motifs is 2. The highest BCUT2D eigenvalue weighted by Crippen LogP contribution is 2.38. The van der Waals surface area contributed by atoms with Crippen LogP contribution in [0, 0.1) is 0 Å². The monoisotopic (exact) mass is 381 g/mol. The molecule has 6 heteroatoms. The third-order valence-corrected chi connectivity index (χ3v) is 4.94. The Labute approximate surface area is 162 Å². The van der Waals surface area contributed by atoms with Gasteiger partial charge < -0.3 is 23.9 Å². The molecule has 0 saturated heterocycles. The van der Waals surface area contributed by atoms with Crippen LogP contribution in [0.2, 0.25) is 0 Å². The van der Waals surface area contributed by atoms with Crippen molar-refractivity contribution in [2.75, 3.05) is 20.9 Å². The molecule has 0 aliphatic carbocycles. The smallest absolute Gasteiger partial charge is 0.231 e. The lowest BCUT2D eigenvalue weighted by atomic mass is 9.94. The average molecular weight is 381 g/mol. The van der Waals surface area contributed by atoms with Gasteiger partial charge in [0, 0.05) is 6.54 Å². The van der Waals surface area contributed by atoms with Gasteiger partial charge in [-0.1, -0.05) is 19.9 Å². The van der Waals surface area contributed by atoms with Crippen LogP contribution in [0.25, 0.3) is 22.1 Å². The number of aromatic hydroxyl groups is 1. The quantitative estimate of drug-likeness (QED) is 0.734. The van der Waals surface area contributed by atoms with E-state index in [9.17, 15) is 9.90 Å². The van der Waals surface area contributed by atoms with Crippen molar-refractivity contribution < 1.29 is 19.0 Å². The van der Waals surface area contributed by atoms with Gasteiger partial charge in [-0.25, -0.2) is 0 Å². The molecule has 1 aliphatic rings. The molecule has 2 heterocycles. The summed E-state index contributed by atoms with van der Waals surface area (Å²) in [7, 11) is 3.82. The highest BCUT2D eigenvalue weighted by molar-refractivity contribution is 5.87. The average Bonchev–Trinajstić information content (AvgIpc) is 3.11. The van der Waals surface area contributed by atoms with Crippen molar-refractivity contribution in [1.29, 1.82) is 0 Å². The molecule has 0 atom stereocenters. The van der Waals surface area contributed by atoms with Gasteiger partial charge in [-0.2, -0.15) is 0 Å². The highest BCUT2D eigenvalue weighted by Gasteiger charge is 2.21. The lowest BCUT2D eigenvalue weighted by Gasteiger charge is -2.18. The number of benzene rings is 2. The summed E-state index contributed by atoms with van der Waals surface area (Å²) >= 11 is 0. The van der Waals surface area contributed by atoms with Crippen LogP contribution >= 0.6 is 0 Å². The molecule has 146 valence electrons. The predicted octanol–water partition coefficient (Wildman–Crippen LogP) is 4.08. The van der Waals surface area contributed by atoms with Crippen LogP contribution in [0.4, 0.5) is 0 Å². The number of nitrogens with zero attached hydrogens (tertiary/aromatic N) is 1. The van der Waals surface area contributed by atoms with Crippen molar-refractivity contribution in [3.05, 3.63) is 51.9 Å². The first kappa shape index (κ1) is 18.4. The molecule has 0 amide bonds. The molecular formula is C22H23NO5. The van der Waals surface area contributed by atoms with E-state index in [1.54, 1.807) is 18.2 Å². The van der Waals surface area contributed by atoms with Gasteiger partial charge in [0.25, 0.3) is 0 Å². The van der Waals surface area contributed by atoms with Crippen molar-refractivity contribution in [3.63, 3.8) is 0 Å². The summed E-state index contributed by atoms with van der Waals surface area (Å²) in [5.74, 6) is 1.53. The maximum Gasteiger partial charge on any atom is 0.231 e. The van der Waals surface area contributed by atoms with E-state index in [1.807, 2.05) is 38.9 Å². The topological polar surface area (TPSA) is 72.1 Å². The molecule has 0 bridgehead atoms. The lowest BCUT2D eigenvalue weighted by molar-refractivity contribution is 0.174. The minimum Gasteiger partial charge on any atom is -0.507 e. The van der Waals surface area contributed by atoms with Crippen molar-refractivity contribution in [1.82, 2.24) is 4.90 Å². The molecule has 0 spiro atoms. The van der Waals surface area contributed by atoms with Gasteiger partial charge in [0.1, 0.15) is 17.6 Å². The Morgan fingerprint density at radius 1 is 1.14 bits per heavy atom. The third kappa shape index (κ3) is 2.99. The summed E-state index contributed by atoms with van der Waals surface area (Å²) in [6, 6.07) is 7.13. The first-order valence-electron chi connectivity index (χ1n) is 9.21. The number of hydrogen-bond donors (Lipinski definition) is 1. The van der Waals surface area contributed by atoms with Crippen molar-refractivity contribution in [2.45, 2.75) is 26.3 Å². The third-order valence-electron chi connectivity index (χ3n) is 4.94. The highest BCUT2D eigenvalue weighted by atomic mass is 16.7. The fourth-order valence-corrected chi connectivity index (χ4v) is 3.52. The van der Waals surface area contributed by atoms with Gasteiger partial charge in [-0.3, -0.25) is 4.79 Å². The first-order valence-corrected chi connectivity index (χ1v) is 9.21. The Hall–Kier alpha value is -2.99. The molecule has 0 saturated carbocycles. The van der Waals surface area contributed by atoms with E-state index < -0.39 is 0 Å². The SMILES string of the molecule is CC(C)c1cc2c(=O)c(-c3ccc4c(c3)OCO4)coc2c(CN(C)C)c1O. The summed E-state index contributed by atoms with van der Waals surface area (Å²) in [4.78, 5) is 15.3. The molecule has 0 radical (unpaired) electrons. The predicted molar refractivity (Wildman–Crippen MR) is 107 cm³/mol. The van der Waals surface area contributed by atoms with Crippen molar-refractivity contribution in [2.24, 2.45) is 0 Å². The second-order valence-electron chi connectivity index (χ2n) is 7.61. The van der Waals surface area contributed by atoms with E-state index in [-0.39, 0.29) is 23.9 Å². The molecule has 3 aromatic rings. The Morgan fingerprint density at radius 3 is 2.61 bits per heavy atom. The second-order valence-corrected chi connectivity index (χ2v) is 7.61. The molecule has 2 aromatic carbocycles. The van der Waals surface area contributed by atoms with E-state index in [1.165, 1.54) is 6.26 Å². The summed E-state index contributed by atoms with van der Waals surface area (Å²) < 4.78 is 16.7. The fourth-order valence-electron chi connectivity index (χ4n) is 3.52. The minimum atomic E-state index is -0.137. The molecule has 4 rings (SSSR count). The number of phenolic OH excluding ortho intramolecular Hbond substituents is 1. The fraction of sp³-hybridized carbons (Fsp3) is 0.318. The van der Waals surface area contributed by atoms with Gasteiger partial charge in [0.05, 0.1) is 16.5 Å². The number of rotatable bonds is 4. The summed E-state index contributed by atoms with van der Waals surface area (Å²) in [6.07, 6.45) is 1.45. The molecule has 6 nitrogen and oxygen atoms in total. The van der Waals surface area contributed by atoms with E-state index in [2.05, 4.69) is 0 Å². The molecule has 1 N–H and O–H groups in total. The van der Waals surface area contributed by atoms with Crippen LogP contribution in [0.3, 0.4) is 0 Å². The molecule has 1 aliphatic heterocycles. The van der Waals surface area contributed by atoms with Crippen LogP contribution in [-0.4, -0.2) is 30.9 Å². The van der Waals surface area contributed by atoms with E-state index in [0.717, 1.165) is 5.56 Å². The normalized spacial score (nSPS) is 13.1. The largest absolute Gasteiger partial charge is 0.507 e. The van der Waals surface area contributed by atoms with Gasteiger partial charge >= 0.3 is 0 Å². The van der Waals surface area contributed by atoms with E-state index in [0.29, 0.717) is 45.7 Å². The van der Waals surface area contributed by atoms with Gasteiger partial charge in [0.2, 0.25) is 12.2 Å². The zero-order chi connectivity index (χ0) is 20.0. The van der Waals surface area contributed by atoms with Gasteiger partial charge in [0.15, 0.2) is 11.5 Å². The molecule has 28 heavy (non-hydrogen) atoms. The Kier molecular flexibility index (Phi) is 4.51. The maximum absolute atomic E-state index is 13.3. The molecule has 0 fully saturated rings. The van der Waals surface area contributed by atoms with Crippen LogP contribution < -0.4 is 14.9 Å². The van der Waals surface area contributed by atoms with Crippen molar-refractivity contribution in [3.8, 4) is 28.4 Å². The van der Waals surface area contributed by atoms with E-state index in [4.69, 9.17) is 13.9 Å². The number of ether oxygens (including phenoxy) is 2. The Bertz CT molecular complexity index is 1110. The number of phenols is 1. The molecular weight excluding hydrogens is 358 g/mol. The lowest BCUT2D eigenvalue weighted by Crippen LogP contribution is -2.14.